The van der Waals surface area contributed by atoms with Gasteiger partial charge in [-0.05, 0) is 24.1 Å². The molecule has 1 aromatic carbocycles. The molecule has 0 aliphatic carbocycles. The van der Waals surface area contributed by atoms with Crippen molar-refractivity contribution in [1.29, 1.82) is 0 Å². The fourth-order valence-corrected chi connectivity index (χ4v) is 1.74. The quantitative estimate of drug-likeness (QED) is 0.788. The molecular formula is C13H15Cl2N. The van der Waals surface area contributed by atoms with Crippen LogP contribution in [0.4, 0.5) is 0 Å². The molecule has 86 valence electrons. The Hall–Kier alpha value is -0.680. The molecule has 0 aliphatic heterocycles. The fraction of sp³-hybridized carbons (Fsp3) is 0.385. The van der Waals surface area contributed by atoms with Crippen LogP contribution in [0.15, 0.2) is 18.2 Å². The van der Waals surface area contributed by atoms with Crippen LogP contribution >= 0.6 is 23.2 Å². The summed E-state index contributed by atoms with van der Waals surface area (Å²) in [5.41, 5.74) is 1.09. The Balaban J connectivity index is 2.54. The topological polar surface area (TPSA) is 12.0 Å². The third kappa shape index (κ3) is 4.06. The summed E-state index contributed by atoms with van der Waals surface area (Å²) in [5.74, 6) is 2.73. The van der Waals surface area contributed by atoms with Gasteiger partial charge in [-0.25, -0.2) is 0 Å². The average Bonchev–Trinajstić information content (AvgIpc) is 2.28. The SMILES string of the molecule is C#CC(CCC)NCc1ccc(Cl)c(Cl)c1. The summed E-state index contributed by atoms with van der Waals surface area (Å²) in [6.45, 7) is 2.83. The van der Waals surface area contributed by atoms with E-state index in [1.807, 2.05) is 12.1 Å². The highest BCUT2D eigenvalue weighted by atomic mass is 35.5. The van der Waals surface area contributed by atoms with Gasteiger partial charge in [0, 0.05) is 6.54 Å². The summed E-state index contributed by atoms with van der Waals surface area (Å²) in [4.78, 5) is 0. The number of benzene rings is 1. The molecule has 1 atom stereocenters. The van der Waals surface area contributed by atoms with Crippen molar-refractivity contribution in [2.24, 2.45) is 0 Å². The summed E-state index contributed by atoms with van der Waals surface area (Å²) in [5, 5.41) is 4.45. The minimum Gasteiger partial charge on any atom is -0.300 e. The predicted octanol–water partition coefficient (Wildman–Crippen LogP) is 3.88. The monoisotopic (exact) mass is 255 g/mol. The van der Waals surface area contributed by atoms with Gasteiger partial charge in [-0.3, -0.25) is 5.32 Å². The van der Waals surface area contributed by atoms with Gasteiger partial charge < -0.3 is 0 Å². The normalized spacial score (nSPS) is 12.1. The molecule has 0 saturated carbocycles. The lowest BCUT2D eigenvalue weighted by Gasteiger charge is -2.12. The molecule has 0 heterocycles. The van der Waals surface area contributed by atoms with Crippen LogP contribution in [-0.2, 0) is 6.54 Å². The maximum absolute atomic E-state index is 5.92. The third-order valence-electron chi connectivity index (χ3n) is 2.32. The van der Waals surface area contributed by atoms with Crippen molar-refractivity contribution in [3.63, 3.8) is 0 Å². The summed E-state index contributed by atoms with van der Waals surface area (Å²) < 4.78 is 0. The van der Waals surface area contributed by atoms with E-state index >= 15 is 0 Å². The van der Waals surface area contributed by atoms with Gasteiger partial charge in [0.15, 0.2) is 0 Å². The first kappa shape index (κ1) is 13.4. The minimum atomic E-state index is 0.124. The van der Waals surface area contributed by atoms with Gasteiger partial charge in [-0.1, -0.05) is 48.5 Å². The molecule has 1 unspecified atom stereocenters. The van der Waals surface area contributed by atoms with Crippen molar-refractivity contribution in [2.45, 2.75) is 32.4 Å². The van der Waals surface area contributed by atoms with Gasteiger partial charge in [-0.15, -0.1) is 6.42 Å². The maximum Gasteiger partial charge on any atom is 0.0689 e. The zero-order chi connectivity index (χ0) is 12.0. The molecule has 0 bridgehead atoms. The fourth-order valence-electron chi connectivity index (χ4n) is 1.42. The van der Waals surface area contributed by atoms with Crippen molar-refractivity contribution in [1.82, 2.24) is 5.32 Å². The highest BCUT2D eigenvalue weighted by molar-refractivity contribution is 6.42. The first-order chi connectivity index (χ1) is 7.67. The Morgan fingerprint density at radius 1 is 1.38 bits per heavy atom. The lowest BCUT2D eigenvalue weighted by molar-refractivity contribution is 0.563. The molecule has 16 heavy (non-hydrogen) atoms. The molecule has 1 aromatic rings. The minimum absolute atomic E-state index is 0.124. The first-order valence-corrected chi connectivity index (χ1v) is 6.06. The molecule has 0 fully saturated rings. The van der Waals surface area contributed by atoms with Crippen LogP contribution in [0.5, 0.6) is 0 Å². The summed E-state index contributed by atoms with van der Waals surface area (Å²) in [6.07, 6.45) is 7.47. The van der Waals surface area contributed by atoms with E-state index < -0.39 is 0 Å². The van der Waals surface area contributed by atoms with E-state index in [2.05, 4.69) is 18.2 Å². The van der Waals surface area contributed by atoms with E-state index in [0.717, 1.165) is 18.4 Å². The van der Waals surface area contributed by atoms with E-state index in [0.29, 0.717) is 16.6 Å². The number of nitrogens with one attached hydrogen (secondary N) is 1. The van der Waals surface area contributed by atoms with Gasteiger partial charge in [-0.2, -0.15) is 0 Å². The predicted molar refractivity (Wildman–Crippen MR) is 70.8 cm³/mol. The van der Waals surface area contributed by atoms with Gasteiger partial charge >= 0.3 is 0 Å². The van der Waals surface area contributed by atoms with Crippen molar-refractivity contribution in [3.05, 3.63) is 33.8 Å². The molecule has 1 N–H and O–H groups in total. The van der Waals surface area contributed by atoms with E-state index in [1.165, 1.54) is 0 Å². The largest absolute Gasteiger partial charge is 0.300 e. The first-order valence-electron chi connectivity index (χ1n) is 5.30. The third-order valence-corrected chi connectivity index (χ3v) is 3.05. The summed E-state index contributed by atoms with van der Waals surface area (Å²) in [6, 6.07) is 5.72. The summed E-state index contributed by atoms with van der Waals surface area (Å²) >= 11 is 11.8. The van der Waals surface area contributed by atoms with Crippen molar-refractivity contribution >= 4 is 23.2 Å². The van der Waals surface area contributed by atoms with Gasteiger partial charge in [0.1, 0.15) is 0 Å². The molecule has 3 heteroatoms. The number of terminal acetylenes is 1. The summed E-state index contributed by atoms with van der Waals surface area (Å²) in [7, 11) is 0. The molecule has 0 spiro atoms. The Morgan fingerprint density at radius 3 is 2.69 bits per heavy atom. The van der Waals surface area contributed by atoms with E-state index in [-0.39, 0.29) is 6.04 Å². The zero-order valence-corrected chi connectivity index (χ0v) is 10.8. The second-order valence-electron chi connectivity index (χ2n) is 3.64. The van der Waals surface area contributed by atoms with Gasteiger partial charge in [0.2, 0.25) is 0 Å². The van der Waals surface area contributed by atoms with Gasteiger partial charge in [0.05, 0.1) is 16.1 Å². The molecule has 1 rings (SSSR count). The number of hydrogen-bond acceptors (Lipinski definition) is 1. The van der Waals surface area contributed by atoms with Crippen LogP contribution in [0.1, 0.15) is 25.3 Å². The van der Waals surface area contributed by atoms with Crippen LogP contribution in [0.3, 0.4) is 0 Å². The van der Waals surface area contributed by atoms with Crippen LogP contribution in [-0.4, -0.2) is 6.04 Å². The molecule has 0 aromatic heterocycles. The number of hydrogen-bond donors (Lipinski definition) is 1. The van der Waals surface area contributed by atoms with Crippen LogP contribution < -0.4 is 5.32 Å². The smallest absolute Gasteiger partial charge is 0.0689 e. The average molecular weight is 256 g/mol. The second kappa shape index (κ2) is 6.81. The molecule has 0 aliphatic rings. The van der Waals surface area contributed by atoms with E-state index in [9.17, 15) is 0 Å². The van der Waals surface area contributed by atoms with Crippen LogP contribution in [0.2, 0.25) is 10.0 Å². The Labute approximate surface area is 107 Å². The van der Waals surface area contributed by atoms with Crippen LogP contribution in [0, 0.1) is 12.3 Å². The lowest BCUT2D eigenvalue weighted by atomic mass is 10.1. The van der Waals surface area contributed by atoms with Crippen molar-refractivity contribution < 1.29 is 0 Å². The highest BCUT2D eigenvalue weighted by Crippen LogP contribution is 2.22. The second-order valence-corrected chi connectivity index (χ2v) is 4.45. The van der Waals surface area contributed by atoms with Crippen molar-refractivity contribution in [2.75, 3.05) is 0 Å². The molecule has 0 amide bonds. The van der Waals surface area contributed by atoms with Gasteiger partial charge in [0.25, 0.3) is 0 Å². The van der Waals surface area contributed by atoms with E-state index in [1.54, 1.807) is 6.07 Å². The number of halogens is 2. The molecule has 0 saturated heterocycles. The number of rotatable bonds is 5. The standard InChI is InChI=1S/C13H15Cl2N/c1-3-5-11(4-2)16-9-10-6-7-12(14)13(15)8-10/h2,6-8,11,16H,3,5,9H2,1H3. The molecule has 0 radical (unpaired) electrons. The van der Waals surface area contributed by atoms with E-state index in [4.69, 9.17) is 29.6 Å². The zero-order valence-electron chi connectivity index (χ0n) is 9.26. The molecular weight excluding hydrogens is 241 g/mol. The van der Waals surface area contributed by atoms with Crippen molar-refractivity contribution in [3.8, 4) is 12.3 Å². The Kier molecular flexibility index (Phi) is 5.69. The highest BCUT2D eigenvalue weighted by Gasteiger charge is 2.04. The maximum atomic E-state index is 5.92. The van der Waals surface area contributed by atoms with Crippen LogP contribution in [0.25, 0.3) is 0 Å². The lowest BCUT2D eigenvalue weighted by Crippen LogP contribution is -2.26. The Bertz CT molecular complexity index is 382. The Morgan fingerprint density at radius 2 is 2.12 bits per heavy atom. The molecule has 1 nitrogen and oxygen atoms in total.